The van der Waals surface area contributed by atoms with Gasteiger partial charge in [-0.15, -0.1) is 0 Å². The number of amides is 2. The average Bonchev–Trinajstić information content (AvgIpc) is 3.33. The van der Waals surface area contributed by atoms with Gasteiger partial charge in [0, 0.05) is 17.6 Å². The largest absolute Gasteiger partial charge is 0.484 e. The van der Waals surface area contributed by atoms with Gasteiger partial charge in [-0.05, 0) is 43.9 Å². The van der Waals surface area contributed by atoms with Crippen LogP contribution in [0.5, 0.6) is 5.75 Å². The summed E-state index contributed by atoms with van der Waals surface area (Å²) < 4.78 is 5.42. The van der Waals surface area contributed by atoms with Crippen LogP contribution >= 0.6 is 0 Å². The van der Waals surface area contributed by atoms with E-state index in [1.165, 1.54) is 0 Å². The molecule has 0 heterocycles. The number of nitrogens with one attached hydrogen (secondary N) is 2. The van der Waals surface area contributed by atoms with Crippen LogP contribution in [-0.4, -0.2) is 30.5 Å². The summed E-state index contributed by atoms with van der Waals surface area (Å²) in [7, 11) is 0. The standard InChI is InChI=1S/C15H18N2O3/c18-14(16-11-4-5-11)9-20-13-3-1-2-10(8-13)15(19)17-12-6-7-12/h1-3,8,11-12H,4-7,9H2,(H,16,18)(H,17,19). The monoisotopic (exact) mass is 274 g/mol. The van der Waals surface area contributed by atoms with Gasteiger partial charge in [0.05, 0.1) is 0 Å². The quantitative estimate of drug-likeness (QED) is 0.820. The lowest BCUT2D eigenvalue weighted by molar-refractivity contribution is -0.123. The Morgan fingerprint density at radius 2 is 1.80 bits per heavy atom. The molecular weight excluding hydrogens is 256 g/mol. The second kappa shape index (κ2) is 5.53. The van der Waals surface area contributed by atoms with Gasteiger partial charge in [-0.25, -0.2) is 0 Å². The van der Waals surface area contributed by atoms with Crippen molar-refractivity contribution in [3.63, 3.8) is 0 Å². The molecule has 2 amide bonds. The fraction of sp³-hybridized carbons (Fsp3) is 0.467. The molecule has 5 heteroatoms. The average molecular weight is 274 g/mol. The van der Waals surface area contributed by atoms with E-state index >= 15 is 0 Å². The molecule has 0 spiro atoms. The van der Waals surface area contributed by atoms with E-state index in [9.17, 15) is 9.59 Å². The van der Waals surface area contributed by atoms with E-state index in [4.69, 9.17) is 4.74 Å². The molecule has 0 bridgehead atoms. The summed E-state index contributed by atoms with van der Waals surface area (Å²) in [4.78, 5) is 23.4. The van der Waals surface area contributed by atoms with Crippen LogP contribution in [0.25, 0.3) is 0 Å². The maximum Gasteiger partial charge on any atom is 0.258 e. The summed E-state index contributed by atoms with van der Waals surface area (Å²) in [5, 5.41) is 5.78. The molecule has 20 heavy (non-hydrogen) atoms. The topological polar surface area (TPSA) is 67.4 Å². The fourth-order valence-electron chi connectivity index (χ4n) is 1.87. The Morgan fingerprint density at radius 3 is 2.50 bits per heavy atom. The second-order valence-electron chi connectivity index (χ2n) is 5.41. The smallest absolute Gasteiger partial charge is 0.258 e. The van der Waals surface area contributed by atoms with Crippen molar-refractivity contribution in [3.8, 4) is 5.75 Å². The molecule has 2 saturated carbocycles. The van der Waals surface area contributed by atoms with Crippen molar-refractivity contribution in [2.45, 2.75) is 37.8 Å². The van der Waals surface area contributed by atoms with Crippen molar-refractivity contribution in [3.05, 3.63) is 29.8 Å². The van der Waals surface area contributed by atoms with Crippen molar-refractivity contribution in [2.24, 2.45) is 0 Å². The number of hydrogen-bond acceptors (Lipinski definition) is 3. The van der Waals surface area contributed by atoms with Gasteiger partial charge in [0.2, 0.25) is 0 Å². The Morgan fingerprint density at radius 1 is 1.10 bits per heavy atom. The maximum absolute atomic E-state index is 11.9. The highest BCUT2D eigenvalue weighted by atomic mass is 16.5. The van der Waals surface area contributed by atoms with E-state index in [0.717, 1.165) is 25.7 Å². The minimum atomic E-state index is -0.111. The second-order valence-corrected chi connectivity index (χ2v) is 5.41. The SMILES string of the molecule is O=C(COc1cccc(C(=O)NC2CC2)c1)NC1CC1. The van der Waals surface area contributed by atoms with Crippen LogP contribution < -0.4 is 15.4 Å². The number of carbonyl (C=O) groups is 2. The first-order valence-corrected chi connectivity index (χ1v) is 7.04. The van der Waals surface area contributed by atoms with Gasteiger partial charge in [-0.2, -0.15) is 0 Å². The zero-order valence-electron chi connectivity index (χ0n) is 11.2. The normalized spacial score (nSPS) is 17.4. The number of benzene rings is 1. The minimum absolute atomic E-state index is 0.00972. The lowest BCUT2D eigenvalue weighted by Gasteiger charge is -2.08. The first kappa shape index (κ1) is 13.0. The van der Waals surface area contributed by atoms with E-state index in [0.29, 0.717) is 23.4 Å². The zero-order valence-corrected chi connectivity index (χ0v) is 11.2. The van der Waals surface area contributed by atoms with Crippen LogP contribution in [-0.2, 0) is 4.79 Å². The molecule has 0 atom stereocenters. The molecule has 0 unspecified atom stereocenters. The van der Waals surface area contributed by atoms with Gasteiger partial charge < -0.3 is 15.4 Å². The molecule has 0 aliphatic heterocycles. The molecule has 2 fully saturated rings. The van der Waals surface area contributed by atoms with Crippen LogP contribution in [0.3, 0.4) is 0 Å². The Balaban J connectivity index is 1.52. The molecule has 0 aromatic heterocycles. The van der Waals surface area contributed by atoms with Crippen molar-refractivity contribution < 1.29 is 14.3 Å². The van der Waals surface area contributed by atoms with Crippen molar-refractivity contribution in [1.82, 2.24) is 10.6 Å². The number of rotatable bonds is 6. The highest BCUT2D eigenvalue weighted by Crippen LogP contribution is 2.21. The molecular formula is C15H18N2O3. The molecule has 5 nitrogen and oxygen atoms in total. The van der Waals surface area contributed by atoms with Gasteiger partial charge in [0.1, 0.15) is 5.75 Å². The maximum atomic E-state index is 11.9. The van der Waals surface area contributed by atoms with Gasteiger partial charge in [-0.3, -0.25) is 9.59 Å². The van der Waals surface area contributed by atoms with Gasteiger partial charge in [0.15, 0.2) is 6.61 Å². The van der Waals surface area contributed by atoms with E-state index in [2.05, 4.69) is 10.6 Å². The molecule has 106 valence electrons. The van der Waals surface area contributed by atoms with Gasteiger partial charge in [0.25, 0.3) is 11.8 Å². The highest BCUT2D eigenvalue weighted by molar-refractivity contribution is 5.95. The van der Waals surface area contributed by atoms with Crippen LogP contribution in [0.15, 0.2) is 24.3 Å². The fourth-order valence-corrected chi connectivity index (χ4v) is 1.87. The third kappa shape index (κ3) is 3.73. The summed E-state index contributed by atoms with van der Waals surface area (Å²) in [6, 6.07) is 7.59. The van der Waals surface area contributed by atoms with Crippen molar-refractivity contribution in [1.29, 1.82) is 0 Å². The number of ether oxygens (including phenoxy) is 1. The summed E-state index contributed by atoms with van der Waals surface area (Å²) in [6.07, 6.45) is 4.23. The van der Waals surface area contributed by atoms with Crippen molar-refractivity contribution in [2.75, 3.05) is 6.61 Å². The molecule has 2 N–H and O–H groups in total. The third-order valence-electron chi connectivity index (χ3n) is 3.32. The van der Waals surface area contributed by atoms with Crippen LogP contribution in [0.4, 0.5) is 0 Å². The van der Waals surface area contributed by atoms with Crippen LogP contribution in [0, 0.1) is 0 Å². The summed E-state index contributed by atoms with van der Waals surface area (Å²) in [6.45, 7) is -0.00972. The third-order valence-corrected chi connectivity index (χ3v) is 3.32. The van der Waals surface area contributed by atoms with Crippen LogP contribution in [0.1, 0.15) is 36.0 Å². The van der Waals surface area contributed by atoms with E-state index in [-0.39, 0.29) is 18.4 Å². The lowest BCUT2D eigenvalue weighted by Crippen LogP contribution is -2.30. The van der Waals surface area contributed by atoms with E-state index in [1.54, 1.807) is 24.3 Å². The summed E-state index contributed by atoms with van der Waals surface area (Å²) in [5.41, 5.74) is 0.567. The molecule has 0 radical (unpaired) electrons. The predicted octanol–water partition coefficient (Wildman–Crippen LogP) is 1.24. The molecule has 0 saturated heterocycles. The van der Waals surface area contributed by atoms with Gasteiger partial charge >= 0.3 is 0 Å². The Bertz CT molecular complexity index is 522. The first-order chi connectivity index (χ1) is 9.70. The molecule has 1 aromatic rings. The summed E-state index contributed by atoms with van der Waals surface area (Å²) >= 11 is 0. The predicted molar refractivity (Wildman–Crippen MR) is 73.6 cm³/mol. The Hall–Kier alpha value is -2.04. The molecule has 2 aliphatic rings. The van der Waals surface area contributed by atoms with E-state index in [1.807, 2.05) is 0 Å². The number of hydrogen-bond donors (Lipinski definition) is 2. The van der Waals surface area contributed by atoms with Gasteiger partial charge in [-0.1, -0.05) is 6.07 Å². The minimum Gasteiger partial charge on any atom is -0.484 e. The Labute approximate surface area is 117 Å². The first-order valence-electron chi connectivity index (χ1n) is 7.04. The zero-order chi connectivity index (χ0) is 13.9. The summed E-state index contributed by atoms with van der Waals surface area (Å²) in [5.74, 6) is 0.347. The molecule has 3 rings (SSSR count). The van der Waals surface area contributed by atoms with Crippen LogP contribution in [0.2, 0.25) is 0 Å². The Kier molecular flexibility index (Phi) is 3.58. The lowest BCUT2D eigenvalue weighted by atomic mass is 10.2. The van der Waals surface area contributed by atoms with E-state index < -0.39 is 0 Å². The highest BCUT2D eigenvalue weighted by Gasteiger charge is 2.24. The number of carbonyl (C=O) groups excluding carboxylic acids is 2. The van der Waals surface area contributed by atoms with Crippen molar-refractivity contribution >= 4 is 11.8 Å². The molecule has 2 aliphatic carbocycles. The molecule has 1 aromatic carbocycles.